The van der Waals surface area contributed by atoms with E-state index in [1.54, 1.807) is 0 Å². The molecule has 1 aromatic carbocycles. The van der Waals surface area contributed by atoms with Gasteiger partial charge in [0.05, 0.1) is 18.2 Å². The molecule has 0 saturated heterocycles. The number of nitrogens with zero attached hydrogens (tertiary/aromatic N) is 1. The molecule has 1 rings (SSSR count). The van der Waals surface area contributed by atoms with Gasteiger partial charge < -0.3 is 14.6 Å². The first-order valence-corrected chi connectivity index (χ1v) is 5.53. The van der Waals surface area contributed by atoms with E-state index in [1.165, 1.54) is 13.2 Å². The zero-order valence-electron chi connectivity index (χ0n) is 10.2. The van der Waals surface area contributed by atoms with E-state index in [1.807, 2.05) is 0 Å². The molecular formula is C12H9ClFNO5. The summed E-state index contributed by atoms with van der Waals surface area (Å²) in [4.78, 5) is 23.8. The second kappa shape index (κ2) is 7.28. The van der Waals surface area contributed by atoms with Crippen molar-refractivity contribution >= 4 is 29.3 Å². The average Bonchev–Trinajstić information content (AvgIpc) is 2.38. The van der Waals surface area contributed by atoms with Gasteiger partial charge in [-0.2, -0.15) is 4.99 Å². The number of isocyanates is 1. The van der Waals surface area contributed by atoms with E-state index >= 15 is 0 Å². The highest BCUT2D eigenvalue weighted by Gasteiger charge is 2.11. The van der Waals surface area contributed by atoms with Crippen LogP contribution in [-0.4, -0.2) is 30.9 Å². The SMILES string of the molecule is CO/C(=C\C(=O)O)COc1cc(N=C=O)c(F)cc1Cl. The van der Waals surface area contributed by atoms with Gasteiger partial charge in [0.25, 0.3) is 0 Å². The number of aliphatic carboxylic acids is 1. The summed E-state index contributed by atoms with van der Waals surface area (Å²) in [5.74, 6) is -1.96. The van der Waals surface area contributed by atoms with Crippen LogP contribution in [0, 0.1) is 5.82 Å². The van der Waals surface area contributed by atoms with E-state index in [4.69, 9.17) is 26.2 Å². The van der Waals surface area contributed by atoms with Crippen molar-refractivity contribution in [3.05, 3.63) is 34.8 Å². The minimum atomic E-state index is -1.21. The van der Waals surface area contributed by atoms with Gasteiger partial charge in [-0.25, -0.2) is 14.0 Å². The van der Waals surface area contributed by atoms with Crippen molar-refractivity contribution in [2.24, 2.45) is 4.99 Å². The molecule has 1 aromatic rings. The molecule has 8 heteroatoms. The number of halogens is 2. The topological polar surface area (TPSA) is 85.2 Å². The Balaban J connectivity index is 2.95. The fourth-order valence-electron chi connectivity index (χ4n) is 1.21. The first kappa shape index (κ1) is 15.7. The van der Waals surface area contributed by atoms with Gasteiger partial charge >= 0.3 is 5.97 Å². The molecule has 0 aliphatic heterocycles. The number of hydrogen-bond acceptors (Lipinski definition) is 5. The Bertz CT molecular complexity index is 596. The normalized spacial score (nSPS) is 10.7. The number of hydrogen-bond donors (Lipinski definition) is 1. The van der Waals surface area contributed by atoms with Crippen LogP contribution in [0.5, 0.6) is 5.75 Å². The maximum Gasteiger partial charge on any atom is 0.331 e. The molecule has 0 atom stereocenters. The van der Waals surface area contributed by atoms with Crippen LogP contribution in [0.15, 0.2) is 29.0 Å². The van der Waals surface area contributed by atoms with E-state index in [9.17, 15) is 14.0 Å². The highest BCUT2D eigenvalue weighted by atomic mass is 35.5. The lowest BCUT2D eigenvalue weighted by molar-refractivity contribution is -0.131. The highest BCUT2D eigenvalue weighted by Crippen LogP contribution is 2.32. The quantitative estimate of drug-likeness (QED) is 0.377. The van der Waals surface area contributed by atoms with Crippen LogP contribution >= 0.6 is 11.6 Å². The van der Waals surface area contributed by atoms with Crippen LogP contribution in [0.4, 0.5) is 10.1 Å². The van der Waals surface area contributed by atoms with Crippen LogP contribution in [0.2, 0.25) is 5.02 Å². The molecule has 0 aromatic heterocycles. The van der Waals surface area contributed by atoms with Crippen LogP contribution in [0.1, 0.15) is 0 Å². The van der Waals surface area contributed by atoms with Gasteiger partial charge in [-0.05, 0) is 6.07 Å². The van der Waals surface area contributed by atoms with Crippen LogP contribution in [0.25, 0.3) is 0 Å². The third kappa shape index (κ3) is 4.38. The monoisotopic (exact) mass is 301 g/mol. The molecular weight excluding hydrogens is 293 g/mol. The smallest absolute Gasteiger partial charge is 0.331 e. The first-order chi connectivity index (χ1) is 9.47. The largest absolute Gasteiger partial charge is 0.497 e. The summed E-state index contributed by atoms with van der Waals surface area (Å²) in [7, 11) is 1.27. The fourth-order valence-corrected chi connectivity index (χ4v) is 1.41. The standard InChI is InChI=1S/C12H9ClFNO5/c1-19-7(2-12(17)18)5-20-11-4-10(15-6-16)9(14)3-8(11)13/h2-4H,5H2,1H3,(H,17,18)/b7-2-. The van der Waals surface area contributed by atoms with Gasteiger partial charge in [0, 0.05) is 6.07 Å². The van der Waals surface area contributed by atoms with Crippen molar-refractivity contribution in [3.8, 4) is 5.75 Å². The van der Waals surface area contributed by atoms with Crippen molar-refractivity contribution in [2.45, 2.75) is 0 Å². The Hall–Kier alpha value is -2.37. The summed E-state index contributed by atoms with van der Waals surface area (Å²) in [6, 6.07) is 2.01. The van der Waals surface area contributed by atoms with E-state index in [0.29, 0.717) is 0 Å². The number of benzene rings is 1. The fraction of sp³-hybridized carbons (Fsp3) is 0.167. The molecule has 0 saturated carbocycles. The summed E-state index contributed by atoms with van der Waals surface area (Å²) < 4.78 is 23.3. The molecule has 0 amide bonds. The van der Waals surface area contributed by atoms with Crippen molar-refractivity contribution in [2.75, 3.05) is 13.7 Å². The molecule has 0 bridgehead atoms. The zero-order valence-corrected chi connectivity index (χ0v) is 11.0. The predicted octanol–water partition coefficient (Wildman–Crippen LogP) is 2.44. The lowest BCUT2D eigenvalue weighted by Crippen LogP contribution is -2.06. The Morgan fingerprint density at radius 3 is 2.85 bits per heavy atom. The number of ether oxygens (including phenoxy) is 2. The van der Waals surface area contributed by atoms with Crippen molar-refractivity contribution in [1.82, 2.24) is 0 Å². The number of carbonyl (C=O) groups is 1. The van der Waals surface area contributed by atoms with Crippen molar-refractivity contribution in [3.63, 3.8) is 0 Å². The number of carbonyl (C=O) groups excluding carboxylic acids is 1. The molecule has 0 aliphatic carbocycles. The van der Waals surface area contributed by atoms with Gasteiger partial charge in [-0.3, -0.25) is 0 Å². The highest BCUT2D eigenvalue weighted by molar-refractivity contribution is 6.32. The van der Waals surface area contributed by atoms with E-state index in [0.717, 1.165) is 18.2 Å². The number of rotatable bonds is 6. The third-order valence-corrected chi connectivity index (χ3v) is 2.38. The molecule has 0 spiro atoms. The van der Waals surface area contributed by atoms with Gasteiger partial charge in [0.1, 0.15) is 23.8 Å². The minimum absolute atomic E-state index is 0.0235. The molecule has 0 unspecified atom stereocenters. The second-order valence-corrected chi connectivity index (χ2v) is 3.79. The summed E-state index contributed by atoms with van der Waals surface area (Å²) >= 11 is 5.75. The number of carboxylic acids is 1. The summed E-state index contributed by atoms with van der Waals surface area (Å²) in [6.07, 6.45) is 2.00. The lowest BCUT2D eigenvalue weighted by atomic mass is 10.3. The van der Waals surface area contributed by atoms with Crippen LogP contribution < -0.4 is 4.74 Å². The van der Waals surface area contributed by atoms with Crippen LogP contribution in [0.3, 0.4) is 0 Å². The lowest BCUT2D eigenvalue weighted by Gasteiger charge is -2.10. The zero-order chi connectivity index (χ0) is 15.1. The predicted molar refractivity (Wildman–Crippen MR) is 67.4 cm³/mol. The van der Waals surface area contributed by atoms with Gasteiger partial charge in [-0.15, -0.1) is 0 Å². The molecule has 0 heterocycles. The van der Waals surface area contributed by atoms with E-state index in [2.05, 4.69) is 4.99 Å². The number of methoxy groups -OCH3 is 1. The molecule has 0 fully saturated rings. The number of carboxylic acid groups (broad SMARTS) is 1. The van der Waals surface area contributed by atoms with E-state index in [-0.39, 0.29) is 28.8 Å². The Morgan fingerprint density at radius 2 is 2.30 bits per heavy atom. The summed E-state index contributed by atoms with van der Waals surface area (Å²) in [5.41, 5.74) is -0.291. The number of aliphatic imine (C=N–C) groups is 1. The Labute approximate surface area is 118 Å². The Kier molecular flexibility index (Phi) is 5.71. The van der Waals surface area contributed by atoms with E-state index < -0.39 is 11.8 Å². The molecule has 0 radical (unpaired) electrons. The average molecular weight is 302 g/mol. The molecule has 1 N–H and O–H groups in total. The van der Waals surface area contributed by atoms with Gasteiger partial charge in [-0.1, -0.05) is 11.6 Å². The molecule has 6 nitrogen and oxygen atoms in total. The molecule has 20 heavy (non-hydrogen) atoms. The van der Waals surface area contributed by atoms with Crippen molar-refractivity contribution < 1.29 is 28.6 Å². The minimum Gasteiger partial charge on any atom is -0.497 e. The maximum atomic E-state index is 13.3. The second-order valence-electron chi connectivity index (χ2n) is 3.38. The van der Waals surface area contributed by atoms with Gasteiger partial charge in [0.15, 0.2) is 5.82 Å². The maximum absolute atomic E-state index is 13.3. The molecule has 0 aliphatic rings. The first-order valence-electron chi connectivity index (χ1n) is 5.15. The van der Waals surface area contributed by atoms with Crippen LogP contribution in [-0.2, 0) is 14.3 Å². The summed E-state index contributed by atoms with van der Waals surface area (Å²) in [6.45, 7) is -0.238. The Morgan fingerprint density at radius 1 is 1.60 bits per heavy atom. The summed E-state index contributed by atoms with van der Waals surface area (Å²) in [5, 5.41) is 8.51. The van der Waals surface area contributed by atoms with Gasteiger partial charge in [0.2, 0.25) is 6.08 Å². The third-order valence-electron chi connectivity index (χ3n) is 2.08. The molecule has 106 valence electrons. The van der Waals surface area contributed by atoms with Crippen molar-refractivity contribution in [1.29, 1.82) is 0 Å².